The van der Waals surface area contributed by atoms with E-state index in [1.54, 1.807) is 6.07 Å². The zero-order valence-electron chi connectivity index (χ0n) is 11.8. The van der Waals surface area contributed by atoms with E-state index in [1.165, 1.54) is 6.26 Å². The van der Waals surface area contributed by atoms with Crippen LogP contribution in [0.15, 0.2) is 47.1 Å². The largest absolute Gasteiger partial charge is 0.459 e. The van der Waals surface area contributed by atoms with Crippen molar-refractivity contribution in [3.05, 3.63) is 59.7 Å². The van der Waals surface area contributed by atoms with Crippen LogP contribution < -0.4 is 5.32 Å². The molecule has 3 rings (SSSR count). The van der Waals surface area contributed by atoms with Crippen molar-refractivity contribution in [2.24, 2.45) is 0 Å². The van der Waals surface area contributed by atoms with Gasteiger partial charge in [0.25, 0.3) is 5.91 Å². The van der Waals surface area contributed by atoms with Gasteiger partial charge in [0.15, 0.2) is 11.6 Å². The van der Waals surface area contributed by atoms with Crippen LogP contribution in [0.5, 0.6) is 0 Å². The number of aryl methyl sites for hydroxylation is 1. The van der Waals surface area contributed by atoms with Gasteiger partial charge in [-0.3, -0.25) is 9.89 Å². The van der Waals surface area contributed by atoms with Gasteiger partial charge >= 0.3 is 0 Å². The van der Waals surface area contributed by atoms with Crippen LogP contribution in [0.25, 0.3) is 11.1 Å². The molecule has 3 aromatic rings. The first-order valence-electron chi connectivity index (χ1n) is 6.62. The Hall–Kier alpha value is -2.82. The first-order chi connectivity index (χ1) is 10.2. The lowest BCUT2D eigenvalue weighted by Crippen LogP contribution is -2.13. The SMILES string of the molecule is Cc1[nH]nc(NC(=O)c2occc2-c2ccccc2)c1C. The molecule has 106 valence electrons. The molecule has 0 aliphatic carbocycles. The smallest absolute Gasteiger partial charge is 0.293 e. The van der Waals surface area contributed by atoms with Crippen molar-refractivity contribution in [1.82, 2.24) is 10.2 Å². The molecule has 0 atom stereocenters. The van der Waals surface area contributed by atoms with Crippen molar-refractivity contribution in [2.45, 2.75) is 13.8 Å². The van der Waals surface area contributed by atoms with Crippen LogP contribution in [0.2, 0.25) is 0 Å². The molecular formula is C16H15N3O2. The van der Waals surface area contributed by atoms with Gasteiger partial charge < -0.3 is 9.73 Å². The lowest BCUT2D eigenvalue weighted by Gasteiger charge is -2.04. The van der Waals surface area contributed by atoms with E-state index in [4.69, 9.17) is 4.42 Å². The molecule has 2 aromatic heterocycles. The van der Waals surface area contributed by atoms with Gasteiger partial charge in [-0.25, -0.2) is 0 Å². The molecule has 0 saturated carbocycles. The standard InChI is InChI=1S/C16H15N3O2/c1-10-11(2)18-19-15(10)17-16(20)14-13(8-9-21-14)12-6-4-3-5-7-12/h3-9H,1-2H3,(H2,17,18,19,20). The minimum absolute atomic E-state index is 0.279. The third-order valence-corrected chi connectivity index (χ3v) is 3.44. The van der Waals surface area contributed by atoms with Gasteiger partial charge in [-0.05, 0) is 25.5 Å². The van der Waals surface area contributed by atoms with E-state index >= 15 is 0 Å². The molecule has 1 amide bonds. The Morgan fingerprint density at radius 2 is 1.95 bits per heavy atom. The number of hydrogen-bond acceptors (Lipinski definition) is 3. The van der Waals surface area contributed by atoms with E-state index in [2.05, 4.69) is 15.5 Å². The fraction of sp³-hybridized carbons (Fsp3) is 0.125. The number of aromatic amines is 1. The molecule has 0 spiro atoms. The molecule has 1 aromatic carbocycles. The normalized spacial score (nSPS) is 10.6. The number of benzene rings is 1. The number of furan rings is 1. The summed E-state index contributed by atoms with van der Waals surface area (Å²) in [7, 11) is 0. The molecule has 0 saturated heterocycles. The van der Waals surface area contributed by atoms with E-state index < -0.39 is 0 Å². The summed E-state index contributed by atoms with van der Waals surface area (Å²) in [5.74, 6) is 0.489. The molecule has 0 bridgehead atoms. The maximum Gasteiger partial charge on any atom is 0.293 e. The number of carbonyl (C=O) groups is 1. The maximum atomic E-state index is 12.4. The van der Waals surface area contributed by atoms with E-state index in [0.717, 1.165) is 22.4 Å². The van der Waals surface area contributed by atoms with Crippen LogP contribution in [-0.2, 0) is 0 Å². The summed E-state index contributed by atoms with van der Waals surface area (Å²) in [6.07, 6.45) is 1.51. The summed E-state index contributed by atoms with van der Waals surface area (Å²) in [6.45, 7) is 3.80. The Bertz CT molecular complexity index is 772. The van der Waals surface area contributed by atoms with Crippen molar-refractivity contribution in [2.75, 3.05) is 5.32 Å². The molecule has 0 fully saturated rings. The quantitative estimate of drug-likeness (QED) is 0.771. The zero-order chi connectivity index (χ0) is 14.8. The highest BCUT2D eigenvalue weighted by Gasteiger charge is 2.18. The zero-order valence-corrected chi connectivity index (χ0v) is 11.8. The Morgan fingerprint density at radius 3 is 2.62 bits per heavy atom. The number of nitrogens with one attached hydrogen (secondary N) is 2. The van der Waals surface area contributed by atoms with E-state index in [1.807, 2.05) is 44.2 Å². The van der Waals surface area contributed by atoms with E-state index in [9.17, 15) is 4.79 Å². The molecule has 21 heavy (non-hydrogen) atoms. The number of amides is 1. The molecule has 0 unspecified atom stereocenters. The maximum absolute atomic E-state index is 12.4. The fourth-order valence-corrected chi connectivity index (χ4v) is 2.10. The van der Waals surface area contributed by atoms with Gasteiger partial charge in [0, 0.05) is 16.8 Å². The fourth-order valence-electron chi connectivity index (χ4n) is 2.10. The molecular weight excluding hydrogens is 266 g/mol. The van der Waals surface area contributed by atoms with Crippen LogP contribution in [0, 0.1) is 13.8 Å². The Kier molecular flexibility index (Phi) is 3.31. The Balaban J connectivity index is 1.90. The third-order valence-electron chi connectivity index (χ3n) is 3.44. The second kappa shape index (κ2) is 5.28. The predicted octanol–water partition coefficient (Wildman–Crippen LogP) is 3.54. The summed E-state index contributed by atoms with van der Waals surface area (Å²) in [4.78, 5) is 12.4. The average molecular weight is 281 g/mol. The molecule has 5 heteroatoms. The second-order valence-corrected chi connectivity index (χ2v) is 4.81. The Labute approximate surface area is 122 Å². The molecule has 0 aliphatic heterocycles. The number of hydrogen-bond donors (Lipinski definition) is 2. The highest BCUT2D eigenvalue weighted by Crippen LogP contribution is 2.25. The lowest BCUT2D eigenvalue weighted by atomic mass is 10.1. The predicted molar refractivity (Wildman–Crippen MR) is 80.2 cm³/mol. The monoisotopic (exact) mass is 281 g/mol. The molecule has 5 nitrogen and oxygen atoms in total. The highest BCUT2D eigenvalue weighted by atomic mass is 16.3. The number of rotatable bonds is 3. The molecule has 0 radical (unpaired) electrons. The Morgan fingerprint density at radius 1 is 1.19 bits per heavy atom. The number of anilines is 1. The van der Waals surface area contributed by atoms with Crippen molar-refractivity contribution in [3.63, 3.8) is 0 Å². The highest BCUT2D eigenvalue weighted by molar-refractivity contribution is 6.06. The van der Waals surface area contributed by atoms with Crippen molar-refractivity contribution < 1.29 is 9.21 Å². The van der Waals surface area contributed by atoms with Crippen LogP contribution in [0.4, 0.5) is 5.82 Å². The van der Waals surface area contributed by atoms with Gasteiger partial charge in [0.2, 0.25) is 0 Å². The van der Waals surface area contributed by atoms with Crippen LogP contribution in [0.3, 0.4) is 0 Å². The summed E-state index contributed by atoms with van der Waals surface area (Å²) in [5, 5.41) is 9.68. The summed E-state index contributed by atoms with van der Waals surface area (Å²) in [6, 6.07) is 11.4. The van der Waals surface area contributed by atoms with Gasteiger partial charge in [-0.15, -0.1) is 0 Å². The average Bonchev–Trinajstić information content (AvgIpc) is 3.10. The minimum atomic E-state index is -0.312. The summed E-state index contributed by atoms with van der Waals surface area (Å²) >= 11 is 0. The molecule has 2 heterocycles. The van der Waals surface area contributed by atoms with E-state index in [-0.39, 0.29) is 11.7 Å². The van der Waals surface area contributed by atoms with Crippen LogP contribution in [-0.4, -0.2) is 16.1 Å². The first-order valence-corrected chi connectivity index (χ1v) is 6.62. The lowest BCUT2D eigenvalue weighted by molar-refractivity contribution is 0.0997. The van der Waals surface area contributed by atoms with Crippen molar-refractivity contribution >= 4 is 11.7 Å². The van der Waals surface area contributed by atoms with Gasteiger partial charge in [-0.1, -0.05) is 30.3 Å². The van der Waals surface area contributed by atoms with Crippen LogP contribution >= 0.6 is 0 Å². The number of carbonyl (C=O) groups excluding carboxylic acids is 1. The molecule has 2 N–H and O–H groups in total. The van der Waals surface area contributed by atoms with Gasteiger partial charge in [0.05, 0.1) is 6.26 Å². The number of nitrogens with zero attached hydrogens (tertiary/aromatic N) is 1. The molecule has 0 aliphatic rings. The van der Waals surface area contributed by atoms with Crippen molar-refractivity contribution in [1.29, 1.82) is 0 Å². The topological polar surface area (TPSA) is 70.9 Å². The summed E-state index contributed by atoms with van der Waals surface area (Å²) < 4.78 is 5.35. The first kappa shape index (κ1) is 13.2. The number of aromatic nitrogens is 2. The van der Waals surface area contributed by atoms with Gasteiger partial charge in [-0.2, -0.15) is 5.10 Å². The minimum Gasteiger partial charge on any atom is -0.459 e. The van der Waals surface area contributed by atoms with Crippen molar-refractivity contribution in [3.8, 4) is 11.1 Å². The summed E-state index contributed by atoms with van der Waals surface area (Å²) in [5.41, 5.74) is 3.54. The van der Waals surface area contributed by atoms with Gasteiger partial charge in [0.1, 0.15) is 0 Å². The van der Waals surface area contributed by atoms with E-state index in [0.29, 0.717) is 5.82 Å². The number of H-pyrrole nitrogens is 1. The third kappa shape index (κ3) is 2.45. The second-order valence-electron chi connectivity index (χ2n) is 4.81. The van der Waals surface area contributed by atoms with Crippen LogP contribution in [0.1, 0.15) is 21.8 Å².